The molecule has 0 saturated carbocycles. The average Bonchev–Trinajstić information content (AvgIpc) is 2.32. The second-order valence-corrected chi connectivity index (χ2v) is 5.41. The lowest BCUT2D eigenvalue weighted by atomic mass is 10.2. The van der Waals surface area contributed by atoms with Crippen molar-refractivity contribution in [2.75, 3.05) is 5.32 Å². The number of benzene rings is 2. The molecule has 18 heavy (non-hydrogen) atoms. The Labute approximate surface area is 123 Å². The van der Waals surface area contributed by atoms with E-state index in [2.05, 4.69) is 21.2 Å². The Balaban J connectivity index is 2.13. The zero-order chi connectivity index (χ0) is 13.1. The van der Waals surface area contributed by atoms with Crippen molar-refractivity contribution in [3.8, 4) is 0 Å². The highest BCUT2D eigenvalue weighted by Gasteiger charge is 2.04. The smallest absolute Gasteiger partial charge is 0.123 e. The largest absolute Gasteiger partial charge is 0.380 e. The molecule has 2 aromatic carbocycles. The van der Waals surface area contributed by atoms with Gasteiger partial charge in [-0.05, 0) is 57.9 Å². The first-order valence-electron chi connectivity index (χ1n) is 5.19. The summed E-state index contributed by atoms with van der Waals surface area (Å²) in [6.07, 6.45) is 0. The van der Waals surface area contributed by atoms with Crippen LogP contribution in [0.25, 0.3) is 0 Å². The van der Waals surface area contributed by atoms with Crippen LogP contribution in [0.2, 0.25) is 10.0 Å². The fourth-order valence-corrected chi connectivity index (χ4v) is 2.51. The van der Waals surface area contributed by atoms with Crippen molar-refractivity contribution < 1.29 is 4.39 Å². The molecule has 5 heteroatoms. The number of anilines is 1. The van der Waals surface area contributed by atoms with Crippen LogP contribution in [0.5, 0.6) is 0 Å². The first-order chi connectivity index (χ1) is 8.56. The van der Waals surface area contributed by atoms with Crippen LogP contribution in [0.3, 0.4) is 0 Å². The molecule has 1 N–H and O–H groups in total. The second-order valence-electron chi connectivity index (χ2n) is 3.71. The third-order valence-electron chi connectivity index (χ3n) is 2.41. The standard InChI is InChI=1S/C13H9BrCl2FN/c14-11-6-9(15)1-4-13(11)18-7-8-5-10(17)2-3-12(8)16/h1-6,18H,7H2. The van der Waals surface area contributed by atoms with Crippen molar-refractivity contribution in [1.82, 2.24) is 0 Å². The van der Waals surface area contributed by atoms with Gasteiger partial charge in [-0.1, -0.05) is 23.2 Å². The molecule has 0 unspecified atom stereocenters. The van der Waals surface area contributed by atoms with Crippen molar-refractivity contribution in [2.24, 2.45) is 0 Å². The maximum absolute atomic E-state index is 13.1. The van der Waals surface area contributed by atoms with Crippen LogP contribution in [0.4, 0.5) is 10.1 Å². The molecule has 0 saturated heterocycles. The lowest BCUT2D eigenvalue weighted by molar-refractivity contribution is 0.626. The molecule has 0 aliphatic heterocycles. The Morgan fingerprint density at radius 2 is 1.89 bits per heavy atom. The summed E-state index contributed by atoms with van der Waals surface area (Å²) in [6.45, 7) is 0.441. The normalized spacial score (nSPS) is 10.4. The average molecular weight is 349 g/mol. The third kappa shape index (κ3) is 3.37. The van der Waals surface area contributed by atoms with Crippen molar-refractivity contribution >= 4 is 44.8 Å². The van der Waals surface area contributed by atoms with Gasteiger partial charge in [0.15, 0.2) is 0 Å². The Kier molecular flexibility index (Phi) is 4.49. The number of halogens is 4. The molecular formula is C13H9BrCl2FN. The van der Waals surface area contributed by atoms with E-state index < -0.39 is 0 Å². The second kappa shape index (κ2) is 5.91. The summed E-state index contributed by atoms with van der Waals surface area (Å²) in [5.74, 6) is -0.300. The van der Waals surface area contributed by atoms with E-state index in [1.54, 1.807) is 18.2 Å². The molecule has 0 radical (unpaired) electrons. The summed E-state index contributed by atoms with van der Waals surface area (Å²) >= 11 is 15.2. The molecule has 0 heterocycles. The van der Waals surface area contributed by atoms with Gasteiger partial charge in [0, 0.05) is 26.8 Å². The summed E-state index contributed by atoms with van der Waals surface area (Å²) in [5.41, 5.74) is 1.58. The Morgan fingerprint density at radius 3 is 2.61 bits per heavy atom. The Morgan fingerprint density at radius 1 is 1.11 bits per heavy atom. The molecule has 1 nitrogen and oxygen atoms in total. The molecule has 2 rings (SSSR count). The Hall–Kier alpha value is -0.770. The van der Waals surface area contributed by atoms with Crippen molar-refractivity contribution in [3.05, 3.63) is 62.3 Å². The fourth-order valence-electron chi connectivity index (χ4n) is 1.50. The summed E-state index contributed by atoms with van der Waals surface area (Å²) in [4.78, 5) is 0. The molecule has 0 spiro atoms. The van der Waals surface area contributed by atoms with Gasteiger partial charge in [-0.2, -0.15) is 0 Å². The number of hydrogen-bond donors (Lipinski definition) is 1. The van der Waals surface area contributed by atoms with E-state index in [1.165, 1.54) is 12.1 Å². The van der Waals surface area contributed by atoms with Crippen molar-refractivity contribution in [3.63, 3.8) is 0 Å². The molecule has 0 aliphatic rings. The van der Waals surface area contributed by atoms with Crippen LogP contribution >= 0.6 is 39.1 Å². The quantitative estimate of drug-likeness (QED) is 0.771. The topological polar surface area (TPSA) is 12.0 Å². The molecular weight excluding hydrogens is 340 g/mol. The number of rotatable bonds is 3. The highest BCUT2D eigenvalue weighted by Crippen LogP contribution is 2.27. The summed E-state index contributed by atoms with van der Waals surface area (Å²) < 4.78 is 13.9. The number of nitrogens with one attached hydrogen (secondary N) is 1. The summed E-state index contributed by atoms with van der Waals surface area (Å²) in [6, 6.07) is 9.71. The Bertz CT molecular complexity index is 575. The SMILES string of the molecule is Fc1ccc(Cl)c(CNc2ccc(Cl)cc2Br)c1. The zero-order valence-corrected chi connectivity index (χ0v) is 12.3. The van der Waals surface area contributed by atoms with E-state index in [9.17, 15) is 4.39 Å². The summed E-state index contributed by atoms with van der Waals surface area (Å²) in [7, 11) is 0. The lowest BCUT2D eigenvalue weighted by Crippen LogP contribution is -2.01. The van der Waals surface area contributed by atoms with Crippen LogP contribution in [-0.2, 0) is 6.54 Å². The van der Waals surface area contributed by atoms with Crippen molar-refractivity contribution in [2.45, 2.75) is 6.54 Å². The minimum atomic E-state index is -0.300. The van der Waals surface area contributed by atoms with Crippen LogP contribution in [0, 0.1) is 5.82 Å². The van der Waals surface area contributed by atoms with Crippen LogP contribution in [0.1, 0.15) is 5.56 Å². The van der Waals surface area contributed by atoms with Gasteiger partial charge in [-0.3, -0.25) is 0 Å². The van der Waals surface area contributed by atoms with E-state index in [-0.39, 0.29) is 5.82 Å². The molecule has 0 atom stereocenters. The van der Waals surface area contributed by atoms with Crippen LogP contribution in [-0.4, -0.2) is 0 Å². The highest BCUT2D eigenvalue weighted by molar-refractivity contribution is 9.10. The first kappa shape index (κ1) is 13.7. The maximum atomic E-state index is 13.1. The van der Waals surface area contributed by atoms with Crippen molar-refractivity contribution in [1.29, 1.82) is 0 Å². The number of hydrogen-bond acceptors (Lipinski definition) is 1. The molecule has 0 aliphatic carbocycles. The van der Waals surface area contributed by atoms with Gasteiger partial charge in [0.1, 0.15) is 5.82 Å². The molecule has 94 valence electrons. The lowest BCUT2D eigenvalue weighted by Gasteiger charge is -2.10. The minimum Gasteiger partial charge on any atom is -0.380 e. The van der Waals surface area contributed by atoms with E-state index in [4.69, 9.17) is 23.2 Å². The highest BCUT2D eigenvalue weighted by atomic mass is 79.9. The van der Waals surface area contributed by atoms with Crippen LogP contribution in [0.15, 0.2) is 40.9 Å². The molecule has 2 aromatic rings. The van der Waals surface area contributed by atoms with E-state index in [0.717, 1.165) is 10.2 Å². The fraction of sp³-hybridized carbons (Fsp3) is 0.0769. The van der Waals surface area contributed by atoms with Gasteiger partial charge in [0.25, 0.3) is 0 Å². The summed E-state index contributed by atoms with van der Waals surface area (Å²) in [5, 5.41) is 4.35. The molecule has 0 fully saturated rings. The van der Waals surface area contributed by atoms with Gasteiger partial charge in [-0.15, -0.1) is 0 Å². The molecule has 0 amide bonds. The van der Waals surface area contributed by atoms with Gasteiger partial charge >= 0.3 is 0 Å². The monoisotopic (exact) mass is 347 g/mol. The third-order valence-corrected chi connectivity index (χ3v) is 3.67. The van der Waals surface area contributed by atoms with Gasteiger partial charge in [-0.25, -0.2) is 4.39 Å². The van der Waals surface area contributed by atoms with E-state index in [0.29, 0.717) is 22.2 Å². The maximum Gasteiger partial charge on any atom is 0.123 e. The molecule has 0 bridgehead atoms. The van der Waals surface area contributed by atoms with E-state index >= 15 is 0 Å². The first-order valence-corrected chi connectivity index (χ1v) is 6.74. The predicted octanol–water partition coefficient (Wildman–Crippen LogP) is 5.51. The molecule has 0 aromatic heterocycles. The zero-order valence-electron chi connectivity index (χ0n) is 9.18. The van der Waals surface area contributed by atoms with Gasteiger partial charge < -0.3 is 5.32 Å². The minimum absolute atomic E-state index is 0.300. The van der Waals surface area contributed by atoms with Gasteiger partial charge in [0.2, 0.25) is 0 Å². The van der Waals surface area contributed by atoms with E-state index in [1.807, 2.05) is 6.07 Å². The van der Waals surface area contributed by atoms with Gasteiger partial charge in [0.05, 0.1) is 0 Å². The predicted molar refractivity (Wildman–Crippen MR) is 77.9 cm³/mol. The van der Waals surface area contributed by atoms with Crippen LogP contribution < -0.4 is 5.32 Å².